The Balaban J connectivity index is 0.00000160. The molecule has 0 aliphatic heterocycles. The van der Waals surface area contributed by atoms with Crippen LogP contribution in [0.25, 0.3) is 22.3 Å². The summed E-state index contributed by atoms with van der Waals surface area (Å²) in [5.41, 5.74) is 10.3. The Hall–Kier alpha value is -2.63. The molecule has 4 nitrogen and oxygen atoms in total. The number of rotatable bonds is 6. The summed E-state index contributed by atoms with van der Waals surface area (Å²) in [4.78, 5) is 0. The first kappa shape index (κ1) is 27.4. The summed E-state index contributed by atoms with van der Waals surface area (Å²) in [6.45, 7) is 0. The molecule has 4 aromatic rings. The van der Waals surface area contributed by atoms with Crippen LogP contribution in [0.15, 0.2) is 72.8 Å². The van der Waals surface area contributed by atoms with E-state index in [1.54, 1.807) is 28.4 Å². The van der Waals surface area contributed by atoms with Crippen LogP contribution in [0.1, 0.15) is 30.7 Å². The van der Waals surface area contributed by atoms with E-state index in [1.807, 2.05) is 12.1 Å². The van der Waals surface area contributed by atoms with Crippen LogP contribution < -0.4 is 43.8 Å². The maximum atomic E-state index is 5.98. The van der Waals surface area contributed by atoms with E-state index in [-0.39, 0.29) is 33.3 Å². The fourth-order valence-electron chi connectivity index (χ4n) is 5.76. The minimum atomic E-state index is -0.678. The number of halogens is 2. The molecule has 0 aromatic heterocycles. The molecule has 0 fully saturated rings. The Morgan fingerprint density at radius 3 is 1.27 bits per heavy atom. The number of hydrogen-bond donors (Lipinski definition) is 0. The minimum absolute atomic E-state index is 0. The van der Waals surface area contributed by atoms with Crippen LogP contribution in [-0.2, 0) is 19.2 Å². The third kappa shape index (κ3) is 4.11. The molecule has 2 aliphatic rings. The van der Waals surface area contributed by atoms with Gasteiger partial charge in [0.2, 0.25) is 0 Å². The van der Waals surface area contributed by atoms with E-state index < -0.39 is 19.2 Å². The molecule has 37 heavy (non-hydrogen) atoms. The quantitative estimate of drug-likeness (QED) is 0.320. The van der Waals surface area contributed by atoms with E-state index in [0.29, 0.717) is 0 Å². The summed E-state index contributed by atoms with van der Waals surface area (Å²) >= 11 is -0.678. The van der Waals surface area contributed by atoms with Crippen molar-refractivity contribution >= 4 is 0 Å². The van der Waals surface area contributed by atoms with Crippen LogP contribution in [0.2, 0.25) is 0 Å². The van der Waals surface area contributed by atoms with Gasteiger partial charge in [-0.1, -0.05) is 0 Å². The molecule has 6 rings (SSSR count). The Morgan fingerprint density at radius 1 is 0.486 bits per heavy atom. The van der Waals surface area contributed by atoms with Crippen molar-refractivity contribution in [2.75, 3.05) is 28.4 Å². The molecule has 2 atom stereocenters. The van der Waals surface area contributed by atoms with Crippen LogP contribution in [0.4, 0.5) is 0 Å². The summed E-state index contributed by atoms with van der Waals surface area (Å²) in [6.07, 6.45) is 0. The topological polar surface area (TPSA) is 36.9 Å². The molecule has 2 aliphatic carbocycles. The van der Waals surface area contributed by atoms with Crippen molar-refractivity contribution in [2.45, 2.75) is 8.45 Å². The number of benzene rings is 4. The maximum absolute atomic E-state index is 5.98. The van der Waals surface area contributed by atoms with E-state index in [9.17, 15) is 0 Å². The second kappa shape index (κ2) is 11.0. The molecular formula is C30H26Cl2O4Ti. The van der Waals surface area contributed by atoms with Crippen molar-refractivity contribution in [1.29, 1.82) is 0 Å². The molecule has 188 valence electrons. The van der Waals surface area contributed by atoms with Gasteiger partial charge in [0, 0.05) is 0 Å². The summed E-state index contributed by atoms with van der Waals surface area (Å²) in [6, 6.07) is 25.9. The first-order chi connectivity index (χ1) is 17.2. The third-order valence-electron chi connectivity index (χ3n) is 7.20. The van der Waals surface area contributed by atoms with Crippen molar-refractivity contribution in [3.8, 4) is 45.3 Å². The zero-order valence-corrected chi connectivity index (χ0v) is 24.0. The Morgan fingerprint density at radius 2 is 0.892 bits per heavy atom. The average molecular weight is 569 g/mol. The second-order valence-electron chi connectivity index (χ2n) is 8.73. The minimum Gasteiger partial charge on any atom is -1.00 e. The predicted octanol–water partition coefficient (Wildman–Crippen LogP) is 0.651. The zero-order chi connectivity index (χ0) is 24.1. The fraction of sp³-hybridized carbons (Fsp3) is 0.200. The summed E-state index contributed by atoms with van der Waals surface area (Å²) in [5.74, 6) is 3.25. The van der Waals surface area contributed by atoms with Gasteiger partial charge in [0.15, 0.2) is 0 Å². The van der Waals surface area contributed by atoms with Gasteiger partial charge in [0.25, 0.3) is 0 Å². The van der Waals surface area contributed by atoms with E-state index in [4.69, 9.17) is 18.9 Å². The molecule has 0 saturated heterocycles. The van der Waals surface area contributed by atoms with Crippen LogP contribution in [0.5, 0.6) is 23.0 Å². The van der Waals surface area contributed by atoms with Crippen molar-refractivity contribution < 1.29 is 62.9 Å². The summed E-state index contributed by atoms with van der Waals surface area (Å²) in [7, 11) is 6.90. The van der Waals surface area contributed by atoms with Gasteiger partial charge in [-0.2, -0.15) is 0 Å². The molecule has 7 heteroatoms. The van der Waals surface area contributed by atoms with Crippen molar-refractivity contribution in [2.24, 2.45) is 0 Å². The molecule has 4 aromatic carbocycles. The molecule has 0 radical (unpaired) electrons. The van der Waals surface area contributed by atoms with Gasteiger partial charge in [-0.15, -0.1) is 0 Å². The smallest absolute Gasteiger partial charge is 1.00 e. The van der Waals surface area contributed by atoms with Gasteiger partial charge >= 0.3 is 215 Å². The molecule has 0 amide bonds. The molecule has 0 spiro atoms. The summed E-state index contributed by atoms with van der Waals surface area (Å²) < 4.78 is 23.9. The zero-order valence-electron chi connectivity index (χ0n) is 21.0. The molecule has 0 N–H and O–H groups in total. The second-order valence-corrected chi connectivity index (χ2v) is 11.1. The van der Waals surface area contributed by atoms with Crippen LogP contribution in [0.3, 0.4) is 0 Å². The first-order valence-electron chi connectivity index (χ1n) is 11.7. The maximum Gasteiger partial charge on any atom is -1.00 e. The van der Waals surface area contributed by atoms with E-state index >= 15 is 0 Å². The molecule has 0 saturated carbocycles. The van der Waals surface area contributed by atoms with Crippen molar-refractivity contribution in [1.82, 2.24) is 0 Å². The number of ether oxygens (including phenoxy) is 4. The van der Waals surface area contributed by atoms with Crippen LogP contribution in [0, 0.1) is 0 Å². The van der Waals surface area contributed by atoms with Crippen molar-refractivity contribution in [3.63, 3.8) is 0 Å². The van der Waals surface area contributed by atoms with Gasteiger partial charge in [-0.25, -0.2) is 0 Å². The normalized spacial score (nSPS) is 15.6. The Kier molecular flexibility index (Phi) is 8.15. The van der Waals surface area contributed by atoms with Crippen LogP contribution in [-0.4, -0.2) is 28.4 Å². The van der Waals surface area contributed by atoms with Gasteiger partial charge in [-0.3, -0.25) is 0 Å². The predicted molar refractivity (Wildman–Crippen MR) is 134 cm³/mol. The molecule has 2 unspecified atom stereocenters. The first-order valence-corrected chi connectivity index (χ1v) is 13.5. The van der Waals surface area contributed by atoms with E-state index in [0.717, 1.165) is 23.0 Å². The SMILES string of the molecule is COc1ccc2c(c1OC)[CH]([Ti+2][CH]1c3ccccc3-c3ccc(OC)c(OC)c31)c1ccccc1-2.[Cl-].[Cl-]. The van der Waals surface area contributed by atoms with Gasteiger partial charge < -0.3 is 24.8 Å². The molecule has 0 heterocycles. The summed E-state index contributed by atoms with van der Waals surface area (Å²) in [5, 5.41) is 0. The third-order valence-corrected chi connectivity index (χ3v) is 10.1. The number of fused-ring (bicyclic) bond motifs is 6. The monoisotopic (exact) mass is 568 g/mol. The van der Waals surface area contributed by atoms with Crippen LogP contribution >= 0.6 is 0 Å². The standard InChI is InChI=1S/2C15H13O2.2ClH.Ti/c2*1-16-14-8-7-12-11-6-4-3-5-10(11)9-13(12)15(14)17-2;;;/h2*3-9H,1-2H3;2*1H;/q;;;;+2/p-2. The Bertz CT molecular complexity index is 1350. The molecule has 0 bridgehead atoms. The fourth-order valence-corrected chi connectivity index (χ4v) is 9.04. The average Bonchev–Trinajstić information content (AvgIpc) is 3.40. The Labute approximate surface area is 239 Å². The van der Waals surface area contributed by atoms with E-state index in [1.165, 1.54) is 44.5 Å². The van der Waals surface area contributed by atoms with Gasteiger partial charge in [-0.05, 0) is 0 Å². The van der Waals surface area contributed by atoms with Gasteiger partial charge in [0.05, 0.1) is 0 Å². The molecular weight excluding hydrogens is 543 g/mol. The van der Waals surface area contributed by atoms with Gasteiger partial charge in [0.1, 0.15) is 0 Å². The number of methoxy groups -OCH3 is 4. The number of hydrogen-bond acceptors (Lipinski definition) is 4. The van der Waals surface area contributed by atoms with E-state index in [2.05, 4.69) is 60.7 Å². The van der Waals surface area contributed by atoms with Crippen molar-refractivity contribution in [3.05, 3.63) is 95.1 Å². The largest absolute Gasteiger partial charge is 1.00 e.